The summed E-state index contributed by atoms with van der Waals surface area (Å²) < 4.78 is 9.02. The fourth-order valence-electron chi connectivity index (χ4n) is 12.6. The van der Waals surface area contributed by atoms with E-state index in [0.717, 1.165) is 66.5 Å². The van der Waals surface area contributed by atoms with Crippen LogP contribution in [0.4, 0.5) is 0 Å². The molecule has 3 heterocycles. The summed E-state index contributed by atoms with van der Waals surface area (Å²) in [6.07, 6.45) is 0. The van der Waals surface area contributed by atoms with Gasteiger partial charge >= 0.3 is 0 Å². The van der Waals surface area contributed by atoms with Gasteiger partial charge in [0.05, 0.1) is 16.4 Å². The van der Waals surface area contributed by atoms with Crippen molar-refractivity contribution in [2.75, 3.05) is 0 Å². The third kappa shape index (κ3) is 6.10. The normalized spacial score (nSPS) is 12.9. The van der Waals surface area contributed by atoms with Gasteiger partial charge in [0.15, 0.2) is 17.5 Å². The molecular weight excluding hydrogens is 913 g/mol. The molecule has 0 saturated carbocycles. The van der Waals surface area contributed by atoms with Gasteiger partial charge in [-0.1, -0.05) is 194 Å². The van der Waals surface area contributed by atoms with Crippen LogP contribution in [0.25, 0.3) is 128 Å². The lowest BCUT2D eigenvalue weighted by Crippen LogP contribution is -2.25. The molecule has 348 valence electrons. The summed E-state index contributed by atoms with van der Waals surface area (Å²) in [6.45, 7) is 0. The van der Waals surface area contributed by atoms with E-state index in [9.17, 15) is 0 Å². The van der Waals surface area contributed by atoms with Crippen molar-refractivity contribution >= 4 is 43.7 Å². The van der Waals surface area contributed by atoms with Gasteiger partial charge in [-0.05, 0) is 127 Å². The van der Waals surface area contributed by atoms with Crippen molar-refractivity contribution in [1.82, 2.24) is 19.5 Å². The lowest BCUT2D eigenvalue weighted by molar-refractivity contribution is 0.669. The third-order valence-corrected chi connectivity index (χ3v) is 15.9. The smallest absolute Gasteiger partial charge is 0.164 e. The molecule has 0 saturated heterocycles. The van der Waals surface area contributed by atoms with E-state index in [4.69, 9.17) is 19.4 Å². The van der Waals surface area contributed by atoms with Gasteiger partial charge in [-0.3, -0.25) is 0 Å². The molecule has 0 radical (unpaired) electrons. The van der Waals surface area contributed by atoms with Crippen LogP contribution in [0.5, 0.6) is 0 Å². The van der Waals surface area contributed by atoms with Gasteiger partial charge in [-0.2, -0.15) is 0 Å². The average Bonchev–Trinajstić information content (AvgIpc) is 4.30. The van der Waals surface area contributed by atoms with Crippen LogP contribution < -0.4 is 0 Å². The molecule has 5 heteroatoms. The monoisotopic (exact) mass is 954 g/mol. The van der Waals surface area contributed by atoms with Gasteiger partial charge in [0, 0.05) is 43.9 Å². The number of para-hydroxylation sites is 1. The quantitative estimate of drug-likeness (QED) is 0.167. The second kappa shape index (κ2) is 16.0. The molecule has 0 amide bonds. The third-order valence-electron chi connectivity index (χ3n) is 15.9. The highest BCUT2D eigenvalue weighted by Crippen LogP contribution is 2.64. The summed E-state index contributed by atoms with van der Waals surface area (Å²) in [4.78, 5) is 14.9. The van der Waals surface area contributed by atoms with Gasteiger partial charge in [-0.15, -0.1) is 0 Å². The number of hydrogen-bond acceptors (Lipinski definition) is 4. The Hall–Kier alpha value is -9.97. The maximum absolute atomic E-state index is 6.62. The van der Waals surface area contributed by atoms with Crippen molar-refractivity contribution in [2.45, 2.75) is 5.41 Å². The Labute approximate surface area is 432 Å². The molecule has 3 aromatic heterocycles. The lowest BCUT2D eigenvalue weighted by Gasteiger charge is -2.30. The molecule has 75 heavy (non-hydrogen) atoms. The highest BCUT2D eigenvalue weighted by atomic mass is 16.3. The number of hydrogen-bond donors (Lipinski definition) is 0. The first-order valence-electron chi connectivity index (χ1n) is 25.6. The zero-order chi connectivity index (χ0) is 49.2. The van der Waals surface area contributed by atoms with E-state index in [2.05, 4.69) is 199 Å². The molecule has 5 nitrogen and oxygen atoms in total. The summed E-state index contributed by atoms with van der Waals surface area (Å²) in [5.41, 5.74) is 22.7. The second-order valence-electron chi connectivity index (χ2n) is 19.8. The lowest BCUT2D eigenvalue weighted by atomic mass is 9.70. The summed E-state index contributed by atoms with van der Waals surface area (Å²) >= 11 is 0. The molecule has 2 aliphatic carbocycles. The van der Waals surface area contributed by atoms with Crippen LogP contribution >= 0.6 is 0 Å². The summed E-state index contributed by atoms with van der Waals surface area (Å²) in [5.74, 6) is 1.84. The minimum absolute atomic E-state index is 0.408. The fraction of sp³-hybridized carbons (Fsp3) is 0.0143. The Morgan fingerprint density at radius 3 is 1.40 bits per heavy atom. The maximum Gasteiger partial charge on any atom is 0.164 e. The second-order valence-corrected chi connectivity index (χ2v) is 19.8. The van der Waals surface area contributed by atoms with Crippen LogP contribution in [0.3, 0.4) is 0 Å². The molecular formula is C70H42N4O. The number of rotatable bonds is 6. The number of aromatic nitrogens is 4. The van der Waals surface area contributed by atoms with E-state index >= 15 is 0 Å². The average molecular weight is 955 g/mol. The molecule has 11 aromatic carbocycles. The van der Waals surface area contributed by atoms with Crippen LogP contribution in [0.2, 0.25) is 0 Å². The SMILES string of the molecule is c1ccc(-c2nc(-c3ccccc3)nc(-c3ccc4c(c3)oc3ccc(-c5ccc6c(c5)c5cc(-c7cccc8c7-c7ccccc7C87c8ccccc8-c8ccccc87)ccc5n6-c5ccccc5)cc34)n2)cc1. The Balaban J connectivity index is 0.837. The summed E-state index contributed by atoms with van der Waals surface area (Å²) in [6, 6.07) is 91.9. The molecule has 14 aromatic rings. The Morgan fingerprint density at radius 1 is 0.293 bits per heavy atom. The molecule has 0 atom stereocenters. The van der Waals surface area contributed by atoms with E-state index < -0.39 is 5.41 Å². The fourth-order valence-corrected chi connectivity index (χ4v) is 12.6. The van der Waals surface area contributed by atoms with Crippen LogP contribution in [0, 0.1) is 0 Å². The first-order chi connectivity index (χ1) is 37.2. The summed E-state index contributed by atoms with van der Waals surface area (Å²) in [7, 11) is 0. The van der Waals surface area contributed by atoms with Crippen molar-refractivity contribution in [3.63, 3.8) is 0 Å². The van der Waals surface area contributed by atoms with E-state index in [1.54, 1.807) is 0 Å². The van der Waals surface area contributed by atoms with Gasteiger partial charge in [-0.25, -0.2) is 15.0 Å². The molecule has 2 aliphatic rings. The Morgan fingerprint density at radius 2 is 0.760 bits per heavy atom. The minimum atomic E-state index is -0.408. The van der Waals surface area contributed by atoms with Crippen molar-refractivity contribution in [3.05, 3.63) is 277 Å². The predicted molar refractivity (Wildman–Crippen MR) is 305 cm³/mol. The van der Waals surface area contributed by atoms with Crippen LogP contribution in [0.1, 0.15) is 22.3 Å². The molecule has 0 N–H and O–H groups in total. The first-order valence-corrected chi connectivity index (χ1v) is 25.6. The Kier molecular flexibility index (Phi) is 8.89. The maximum atomic E-state index is 6.62. The van der Waals surface area contributed by atoms with E-state index in [1.165, 1.54) is 66.4 Å². The summed E-state index contributed by atoms with van der Waals surface area (Å²) in [5, 5.41) is 4.48. The standard InChI is InChI=1S/C70H42N4O/c1-4-17-43(18-5-1)67-71-68(44-19-6-2-7-20-44)73-69(72-67)48-31-35-53-57-40-46(34-38-64(57)75-65(53)42-48)45-32-36-62-55(39-45)56-41-47(33-37-63(56)74(62)49-21-8-3-9-22-49)50-26-16-30-61-66(50)54-25-12-15-29-60(54)70(61)58-27-13-10-23-51(58)52-24-11-14-28-59(52)70/h1-42H. The highest BCUT2D eigenvalue weighted by Gasteiger charge is 2.52. The molecule has 0 fully saturated rings. The van der Waals surface area contributed by atoms with E-state index in [-0.39, 0.29) is 0 Å². The zero-order valence-corrected chi connectivity index (χ0v) is 40.4. The molecule has 0 unspecified atom stereocenters. The van der Waals surface area contributed by atoms with Crippen LogP contribution in [-0.2, 0) is 5.41 Å². The van der Waals surface area contributed by atoms with Crippen molar-refractivity contribution < 1.29 is 4.42 Å². The van der Waals surface area contributed by atoms with Gasteiger partial charge in [0.2, 0.25) is 0 Å². The van der Waals surface area contributed by atoms with Gasteiger partial charge in [0.1, 0.15) is 11.2 Å². The van der Waals surface area contributed by atoms with Gasteiger partial charge in [0.25, 0.3) is 0 Å². The number of furan rings is 1. The zero-order valence-electron chi connectivity index (χ0n) is 40.4. The molecule has 0 bridgehead atoms. The van der Waals surface area contributed by atoms with Crippen LogP contribution in [-0.4, -0.2) is 19.5 Å². The van der Waals surface area contributed by atoms with E-state index in [0.29, 0.717) is 17.5 Å². The predicted octanol–water partition coefficient (Wildman–Crippen LogP) is 17.5. The minimum Gasteiger partial charge on any atom is -0.456 e. The number of fused-ring (bicyclic) bond motifs is 16. The number of benzene rings is 11. The van der Waals surface area contributed by atoms with Crippen molar-refractivity contribution in [3.8, 4) is 84.4 Å². The van der Waals surface area contributed by atoms with Crippen molar-refractivity contribution in [1.29, 1.82) is 0 Å². The largest absolute Gasteiger partial charge is 0.456 e. The number of nitrogens with zero attached hydrogens (tertiary/aromatic N) is 4. The topological polar surface area (TPSA) is 56.7 Å². The van der Waals surface area contributed by atoms with Crippen molar-refractivity contribution in [2.24, 2.45) is 0 Å². The molecule has 16 rings (SSSR count). The Bertz CT molecular complexity index is 4550. The first kappa shape index (κ1) is 41.6. The molecule has 0 aliphatic heterocycles. The van der Waals surface area contributed by atoms with Crippen LogP contribution in [0.15, 0.2) is 259 Å². The highest BCUT2D eigenvalue weighted by molar-refractivity contribution is 6.13. The van der Waals surface area contributed by atoms with Gasteiger partial charge < -0.3 is 8.98 Å². The van der Waals surface area contributed by atoms with E-state index in [1.807, 2.05) is 60.7 Å². The molecule has 1 spiro atoms.